The molecule has 0 amide bonds. The molecule has 0 aliphatic heterocycles. The molecule has 6 heteroatoms. The van der Waals surface area contributed by atoms with Crippen molar-refractivity contribution in [2.45, 2.75) is 12.6 Å². The van der Waals surface area contributed by atoms with Crippen molar-refractivity contribution in [2.75, 3.05) is 40.5 Å². The van der Waals surface area contributed by atoms with Gasteiger partial charge in [-0.25, -0.2) is 0 Å². The normalized spacial score (nSPS) is 12.0. The summed E-state index contributed by atoms with van der Waals surface area (Å²) in [6.45, 7) is 1.56. The molecule has 26 heavy (non-hydrogen) atoms. The molecule has 0 aliphatic carbocycles. The van der Waals surface area contributed by atoms with Crippen LogP contribution in [-0.2, 0) is 6.54 Å². The minimum absolute atomic E-state index is 0.0451. The van der Waals surface area contributed by atoms with Gasteiger partial charge in [-0.3, -0.25) is 4.90 Å². The summed E-state index contributed by atoms with van der Waals surface area (Å²) in [7, 11) is 3.52. The average Bonchev–Trinajstić information content (AvgIpc) is 2.66. The third-order valence-corrected chi connectivity index (χ3v) is 3.74. The fraction of sp³-hybridized carbons (Fsp3) is 0.400. The molecule has 6 nitrogen and oxygen atoms in total. The Bertz CT molecular complexity index is 650. The number of aliphatic hydroxyl groups excluding tert-OH is 2. The molecule has 2 rings (SSSR count). The second-order valence-corrected chi connectivity index (χ2v) is 6.03. The van der Waals surface area contributed by atoms with Gasteiger partial charge in [-0.2, -0.15) is 0 Å². The standard InChI is InChI=1S/C20H27NO5/c1-21(14-17(23)15-26-18-6-4-3-5-7-18)13-16-8-9-19(25-11-10-22)20(12-16)24-2/h3-9,12,17,22-23H,10-11,13-15H2,1-2H3. The Hall–Kier alpha value is -2.28. The summed E-state index contributed by atoms with van der Waals surface area (Å²) in [6.07, 6.45) is -0.589. The summed E-state index contributed by atoms with van der Waals surface area (Å²) in [5.41, 5.74) is 1.04. The Balaban J connectivity index is 1.83. The van der Waals surface area contributed by atoms with Gasteiger partial charge in [0.25, 0.3) is 0 Å². The summed E-state index contributed by atoms with van der Waals surface area (Å²) >= 11 is 0. The van der Waals surface area contributed by atoms with Crippen molar-refractivity contribution in [1.29, 1.82) is 0 Å². The van der Waals surface area contributed by atoms with Crippen molar-refractivity contribution in [3.05, 3.63) is 54.1 Å². The summed E-state index contributed by atoms with van der Waals surface area (Å²) in [4.78, 5) is 2.02. The van der Waals surface area contributed by atoms with E-state index < -0.39 is 6.10 Å². The number of likely N-dealkylation sites (N-methyl/N-ethyl adjacent to an activating group) is 1. The first kappa shape index (κ1) is 20.0. The lowest BCUT2D eigenvalue weighted by Gasteiger charge is -2.21. The number of aliphatic hydroxyl groups is 2. The fourth-order valence-corrected chi connectivity index (χ4v) is 2.58. The van der Waals surface area contributed by atoms with Crippen LogP contribution in [0.5, 0.6) is 17.2 Å². The number of rotatable bonds is 11. The second-order valence-electron chi connectivity index (χ2n) is 6.03. The second kappa shape index (κ2) is 10.7. The van der Waals surface area contributed by atoms with Crippen molar-refractivity contribution in [3.8, 4) is 17.2 Å². The van der Waals surface area contributed by atoms with Crippen molar-refractivity contribution >= 4 is 0 Å². The van der Waals surface area contributed by atoms with Crippen molar-refractivity contribution in [3.63, 3.8) is 0 Å². The molecule has 2 aromatic carbocycles. The minimum Gasteiger partial charge on any atom is -0.493 e. The highest BCUT2D eigenvalue weighted by atomic mass is 16.5. The van der Waals surface area contributed by atoms with Gasteiger partial charge in [0.15, 0.2) is 11.5 Å². The first-order chi connectivity index (χ1) is 12.6. The van der Waals surface area contributed by atoms with E-state index in [0.717, 1.165) is 11.3 Å². The van der Waals surface area contributed by atoms with Crippen molar-refractivity contribution in [1.82, 2.24) is 4.90 Å². The summed E-state index contributed by atoms with van der Waals surface area (Å²) in [5, 5.41) is 19.0. The molecule has 2 aromatic rings. The van der Waals surface area contributed by atoms with Gasteiger partial charge < -0.3 is 24.4 Å². The number of benzene rings is 2. The van der Waals surface area contributed by atoms with Gasteiger partial charge in [0.2, 0.25) is 0 Å². The molecule has 0 bridgehead atoms. The van der Waals surface area contributed by atoms with E-state index in [1.165, 1.54) is 0 Å². The van der Waals surface area contributed by atoms with Crippen molar-refractivity contribution < 1.29 is 24.4 Å². The van der Waals surface area contributed by atoms with Crippen LogP contribution >= 0.6 is 0 Å². The molecule has 1 atom stereocenters. The van der Waals surface area contributed by atoms with E-state index in [9.17, 15) is 5.11 Å². The van der Waals surface area contributed by atoms with E-state index in [4.69, 9.17) is 19.3 Å². The lowest BCUT2D eigenvalue weighted by Crippen LogP contribution is -2.32. The molecule has 142 valence electrons. The number of ether oxygens (including phenoxy) is 3. The zero-order valence-electron chi connectivity index (χ0n) is 15.3. The Morgan fingerprint density at radius 3 is 2.50 bits per heavy atom. The maximum absolute atomic E-state index is 10.2. The van der Waals surface area contributed by atoms with Crippen LogP contribution in [0.4, 0.5) is 0 Å². The van der Waals surface area contributed by atoms with Gasteiger partial charge in [-0.15, -0.1) is 0 Å². The predicted octanol–water partition coefficient (Wildman–Crippen LogP) is 1.94. The van der Waals surface area contributed by atoms with Crippen LogP contribution in [0.2, 0.25) is 0 Å². The minimum atomic E-state index is -0.589. The van der Waals surface area contributed by atoms with E-state index in [1.54, 1.807) is 7.11 Å². The highest BCUT2D eigenvalue weighted by Crippen LogP contribution is 2.28. The first-order valence-corrected chi connectivity index (χ1v) is 8.57. The van der Waals surface area contributed by atoms with Crippen LogP contribution in [0.15, 0.2) is 48.5 Å². The number of methoxy groups -OCH3 is 1. The van der Waals surface area contributed by atoms with E-state index in [-0.39, 0.29) is 19.8 Å². The molecule has 0 aromatic heterocycles. The van der Waals surface area contributed by atoms with Crippen LogP contribution in [0, 0.1) is 0 Å². The van der Waals surface area contributed by atoms with E-state index in [1.807, 2.05) is 60.5 Å². The quantitative estimate of drug-likeness (QED) is 0.637. The maximum atomic E-state index is 10.2. The van der Waals surface area contributed by atoms with Crippen LogP contribution in [0.25, 0.3) is 0 Å². The van der Waals surface area contributed by atoms with Gasteiger partial charge in [-0.05, 0) is 36.9 Å². The Labute approximate surface area is 154 Å². The van der Waals surface area contributed by atoms with Gasteiger partial charge in [0.1, 0.15) is 25.1 Å². The van der Waals surface area contributed by atoms with E-state index in [0.29, 0.717) is 24.6 Å². The monoisotopic (exact) mass is 361 g/mol. The molecule has 0 spiro atoms. The topological polar surface area (TPSA) is 71.4 Å². The number of hydrogen-bond donors (Lipinski definition) is 2. The summed E-state index contributed by atoms with van der Waals surface area (Å²) < 4.78 is 16.3. The van der Waals surface area contributed by atoms with Crippen LogP contribution in [0.3, 0.4) is 0 Å². The molecule has 1 unspecified atom stereocenters. The smallest absolute Gasteiger partial charge is 0.161 e. The fourth-order valence-electron chi connectivity index (χ4n) is 2.58. The van der Waals surface area contributed by atoms with Crippen molar-refractivity contribution in [2.24, 2.45) is 0 Å². The zero-order chi connectivity index (χ0) is 18.8. The number of nitrogens with zero attached hydrogens (tertiary/aromatic N) is 1. The maximum Gasteiger partial charge on any atom is 0.161 e. The summed E-state index contributed by atoms with van der Waals surface area (Å²) in [6, 6.07) is 15.1. The highest BCUT2D eigenvalue weighted by molar-refractivity contribution is 5.43. The lowest BCUT2D eigenvalue weighted by molar-refractivity contribution is 0.0743. The van der Waals surface area contributed by atoms with Gasteiger partial charge in [0.05, 0.1) is 13.7 Å². The molecular formula is C20H27NO5. The molecular weight excluding hydrogens is 334 g/mol. The molecule has 0 aliphatic rings. The van der Waals surface area contributed by atoms with Crippen LogP contribution in [0.1, 0.15) is 5.56 Å². The van der Waals surface area contributed by atoms with E-state index in [2.05, 4.69) is 0 Å². The Morgan fingerprint density at radius 2 is 1.81 bits per heavy atom. The largest absolute Gasteiger partial charge is 0.493 e. The van der Waals surface area contributed by atoms with Crippen LogP contribution < -0.4 is 14.2 Å². The third kappa shape index (κ3) is 6.55. The number of para-hydroxylation sites is 1. The van der Waals surface area contributed by atoms with Gasteiger partial charge in [0, 0.05) is 13.1 Å². The first-order valence-electron chi connectivity index (χ1n) is 8.57. The number of hydrogen-bond acceptors (Lipinski definition) is 6. The highest BCUT2D eigenvalue weighted by Gasteiger charge is 2.12. The molecule has 2 N–H and O–H groups in total. The van der Waals surface area contributed by atoms with E-state index >= 15 is 0 Å². The summed E-state index contributed by atoms with van der Waals surface area (Å²) in [5.74, 6) is 1.97. The van der Waals surface area contributed by atoms with Crippen LogP contribution in [-0.4, -0.2) is 61.7 Å². The predicted molar refractivity (Wildman–Crippen MR) is 99.9 cm³/mol. The molecule has 0 fully saturated rings. The third-order valence-electron chi connectivity index (χ3n) is 3.74. The Morgan fingerprint density at radius 1 is 1.04 bits per heavy atom. The SMILES string of the molecule is COc1cc(CN(C)CC(O)COc2ccccc2)ccc1OCCO. The molecule has 0 radical (unpaired) electrons. The zero-order valence-corrected chi connectivity index (χ0v) is 15.3. The van der Waals surface area contributed by atoms with Gasteiger partial charge >= 0.3 is 0 Å². The van der Waals surface area contributed by atoms with Gasteiger partial charge in [-0.1, -0.05) is 24.3 Å². The molecule has 0 saturated carbocycles. The molecule has 0 heterocycles. The lowest BCUT2D eigenvalue weighted by atomic mass is 10.2. The Kier molecular flexibility index (Phi) is 8.21. The molecule has 0 saturated heterocycles. The average molecular weight is 361 g/mol.